The van der Waals surface area contributed by atoms with Crippen LogP contribution in [0.4, 0.5) is 5.69 Å². The van der Waals surface area contributed by atoms with Crippen LogP contribution in [0.25, 0.3) is 16.7 Å². The Kier molecular flexibility index (Phi) is 7.16. The Labute approximate surface area is 232 Å². The quantitative estimate of drug-likeness (QED) is 0.291. The summed E-state index contributed by atoms with van der Waals surface area (Å²) in [5.74, 6) is -0.160. The normalized spacial score (nSPS) is 12.6. The van der Waals surface area contributed by atoms with Gasteiger partial charge in [-0.3, -0.25) is 9.36 Å². The topological polar surface area (TPSA) is 100 Å². The number of nitrogens with one attached hydrogen (secondary N) is 1. The number of benzene rings is 3. The van der Waals surface area contributed by atoms with E-state index in [4.69, 9.17) is 4.42 Å². The van der Waals surface area contributed by atoms with Crippen molar-refractivity contribution in [1.29, 1.82) is 0 Å². The Morgan fingerprint density at radius 1 is 0.970 bits per heavy atom. The molecular weight excluding hydrogens is 464 g/mol. The van der Waals surface area contributed by atoms with E-state index in [-0.39, 0.29) is 73.9 Å². The average Bonchev–Trinajstić information content (AvgIpc) is 3.48. The first-order valence-electron chi connectivity index (χ1n) is 9.83. The summed E-state index contributed by atoms with van der Waals surface area (Å²) < 4.78 is 20.1. The molecule has 1 atom stereocenters. The number of nitrogens with zero attached hydrogens (tertiary/aromatic N) is 2. The molecule has 0 aliphatic heterocycles. The van der Waals surface area contributed by atoms with Gasteiger partial charge >= 0.3 is 51.4 Å². The minimum atomic E-state index is -4.12. The summed E-state index contributed by atoms with van der Waals surface area (Å²) in [6.07, 6.45) is 3.03. The first kappa shape index (κ1) is 23.9. The van der Waals surface area contributed by atoms with E-state index in [0.717, 1.165) is 5.39 Å². The van der Waals surface area contributed by atoms with Gasteiger partial charge < -0.3 is 19.2 Å². The van der Waals surface area contributed by atoms with Crippen LogP contribution in [0.5, 0.6) is 0 Å². The van der Waals surface area contributed by atoms with E-state index in [1.807, 2.05) is 18.2 Å². The standard InChI is InChI=1S/C24H18N3O4P.K/c28-23(22-16-17-6-4-5-9-21(17)31-22)26-18-10-12-19(13-11-18)27-15-14-25-24(27)32(29,30)20-7-2-1-3-8-20;/h1-16H,(H,26,28)(H,29,30);/q;+1/p-1. The minimum Gasteiger partial charge on any atom is -0.790 e. The molecule has 5 rings (SSSR count). The van der Waals surface area contributed by atoms with E-state index >= 15 is 0 Å². The molecule has 0 aliphatic carbocycles. The Morgan fingerprint density at radius 3 is 2.39 bits per heavy atom. The molecule has 33 heavy (non-hydrogen) atoms. The number of anilines is 1. The number of carbonyl (C=O) groups excluding carboxylic acids is 1. The SMILES string of the molecule is O=C(Nc1ccc(-n2ccnc2P(=O)([O-])c2ccccc2)cc1)c1cc2ccccc2o1.[K+]. The molecule has 5 aromatic rings. The van der Waals surface area contributed by atoms with Crippen molar-refractivity contribution in [2.45, 2.75) is 0 Å². The van der Waals surface area contributed by atoms with E-state index in [9.17, 15) is 14.3 Å². The van der Waals surface area contributed by atoms with Crippen LogP contribution in [-0.4, -0.2) is 15.5 Å². The zero-order chi connectivity index (χ0) is 22.1. The second kappa shape index (κ2) is 9.91. The fourth-order valence-corrected chi connectivity index (χ4v) is 4.93. The van der Waals surface area contributed by atoms with Gasteiger partial charge in [0, 0.05) is 34.5 Å². The summed E-state index contributed by atoms with van der Waals surface area (Å²) in [6, 6.07) is 24.1. The Balaban J connectivity index is 0.00000259. The van der Waals surface area contributed by atoms with Crippen LogP contribution in [0.3, 0.4) is 0 Å². The summed E-state index contributed by atoms with van der Waals surface area (Å²) in [5, 5.41) is 3.83. The van der Waals surface area contributed by atoms with E-state index in [1.54, 1.807) is 72.9 Å². The number of hydrogen-bond donors (Lipinski definition) is 1. The molecule has 9 heteroatoms. The van der Waals surface area contributed by atoms with Gasteiger partial charge in [0.1, 0.15) is 13.0 Å². The average molecular weight is 481 g/mol. The number of fused-ring (bicyclic) bond motifs is 1. The number of imidazole rings is 1. The van der Waals surface area contributed by atoms with Crippen molar-refractivity contribution >= 4 is 40.8 Å². The van der Waals surface area contributed by atoms with Crippen LogP contribution in [0.15, 0.2) is 102 Å². The van der Waals surface area contributed by atoms with Crippen molar-refractivity contribution < 1.29 is 70.1 Å². The predicted octanol–water partition coefficient (Wildman–Crippen LogP) is 0.464. The van der Waals surface area contributed by atoms with E-state index in [1.165, 1.54) is 10.8 Å². The molecule has 1 unspecified atom stereocenters. The van der Waals surface area contributed by atoms with Gasteiger partial charge in [-0.15, -0.1) is 0 Å². The summed E-state index contributed by atoms with van der Waals surface area (Å²) >= 11 is 0. The molecule has 0 radical (unpaired) electrons. The van der Waals surface area contributed by atoms with Gasteiger partial charge in [-0.2, -0.15) is 0 Å². The van der Waals surface area contributed by atoms with E-state index in [0.29, 0.717) is 17.0 Å². The summed E-state index contributed by atoms with van der Waals surface area (Å²) in [6.45, 7) is 0. The van der Waals surface area contributed by atoms with Crippen LogP contribution in [-0.2, 0) is 4.57 Å². The molecule has 0 saturated heterocycles. The zero-order valence-electron chi connectivity index (χ0n) is 17.7. The third kappa shape index (κ3) is 4.83. The van der Waals surface area contributed by atoms with Gasteiger partial charge in [0.25, 0.3) is 5.91 Å². The van der Waals surface area contributed by atoms with Crippen LogP contribution in [0.1, 0.15) is 10.6 Å². The zero-order valence-corrected chi connectivity index (χ0v) is 21.7. The smallest absolute Gasteiger partial charge is 0.790 e. The molecule has 7 nitrogen and oxygen atoms in total. The van der Waals surface area contributed by atoms with Crippen molar-refractivity contribution in [2.75, 3.05) is 5.32 Å². The number of rotatable bonds is 5. The van der Waals surface area contributed by atoms with Gasteiger partial charge in [-0.25, -0.2) is 4.98 Å². The monoisotopic (exact) mass is 481 g/mol. The largest absolute Gasteiger partial charge is 1.00 e. The first-order chi connectivity index (χ1) is 15.5. The number of amides is 1. The molecule has 1 amide bonds. The fourth-order valence-electron chi connectivity index (χ4n) is 3.45. The molecule has 0 aliphatic rings. The van der Waals surface area contributed by atoms with Gasteiger partial charge in [-0.1, -0.05) is 48.5 Å². The van der Waals surface area contributed by atoms with Crippen molar-refractivity contribution in [2.24, 2.45) is 0 Å². The Bertz CT molecular complexity index is 1430. The molecule has 158 valence electrons. The van der Waals surface area contributed by atoms with Gasteiger partial charge in [0.15, 0.2) is 11.3 Å². The maximum atomic E-state index is 13.0. The summed E-state index contributed by atoms with van der Waals surface area (Å²) in [7, 11) is -4.12. The van der Waals surface area contributed by atoms with Crippen molar-refractivity contribution in [3.05, 3.63) is 103 Å². The predicted molar refractivity (Wildman–Crippen MR) is 121 cm³/mol. The fraction of sp³-hybridized carbons (Fsp3) is 0. The van der Waals surface area contributed by atoms with E-state index in [2.05, 4.69) is 10.3 Å². The molecule has 0 spiro atoms. The first-order valence-corrected chi connectivity index (χ1v) is 11.5. The summed E-state index contributed by atoms with van der Waals surface area (Å²) in [5.41, 5.74) is 1.74. The molecule has 3 aromatic carbocycles. The number of furan rings is 1. The number of hydrogen-bond acceptors (Lipinski definition) is 5. The molecular formula is C24H17KN3O4P. The molecule has 0 saturated carbocycles. The molecule has 0 fully saturated rings. The maximum Gasteiger partial charge on any atom is 1.00 e. The molecule has 2 heterocycles. The molecule has 1 N–H and O–H groups in total. The van der Waals surface area contributed by atoms with E-state index < -0.39 is 7.37 Å². The maximum absolute atomic E-state index is 13.0. The molecule has 0 bridgehead atoms. The third-order valence-corrected chi connectivity index (χ3v) is 6.87. The van der Waals surface area contributed by atoms with Crippen molar-refractivity contribution in [3.8, 4) is 5.69 Å². The Morgan fingerprint density at radius 2 is 1.67 bits per heavy atom. The van der Waals surface area contributed by atoms with Gasteiger partial charge in [0.2, 0.25) is 0 Å². The minimum absolute atomic E-state index is 0. The van der Waals surface area contributed by atoms with Crippen LogP contribution < -0.4 is 72.5 Å². The Hall–Kier alpha value is -2.29. The van der Waals surface area contributed by atoms with Gasteiger partial charge in [-0.05, 0) is 36.4 Å². The van der Waals surface area contributed by atoms with Crippen LogP contribution in [0.2, 0.25) is 0 Å². The number of carbonyl (C=O) groups is 1. The van der Waals surface area contributed by atoms with Crippen LogP contribution in [0, 0.1) is 0 Å². The number of aromatic nitrogens is 2. The second-order valence-electron chi connectivity index (χ2n) is 7.13. The summed E-state index contributed by atoms with van der Waals surface area (Å²) in [4.78, 5) is 29.6. The third-order valence-electron chi connectivity index (χ3n) is 5.03. The van der Waals surface area contributed by atoms with Crippen molar-refractivity contribution in [3.63, 3.8) is 0 Å². The second-order valence-corrected chi connectivity index (χ2v) is 9.15. The van der Waals surface area contributed by atoms with Crippen molar-refractivity contribution in [1.82, 2.24) is 9.55 Å². The van der Waals surface area contributed by atoms with Gasteiger partial charge in [0.05, 0.1) is 0 Å². The molecule has 2 aromatic heterocycles. The number of para-hydroxylation sites is 1. The van der Waals surface area contributed by atoms with Crippen LogP contribution >= 0.6 is 7.37 Å².